The molecule has 1 radical (unpaired) electrons. The Kier molecular flexibility index (Phi) is 7.15. The van der Waals surface area contributed by atoms with E-state index in [2.05, 4.69) is 6.92 Å². The van der Waals surface area contributed by atoms with Crippen molar-refractivity contribution in [3.8, 4) is 0 Å². The normalized spacial score (nSPS) is 10.8. The van der Waals surface area contributed by atoms with Gasteiger partial charge in [-0.05, 0) is 18.9 Å². The minimum Gasteiger partial charge on any atom is -0.299 e. The molecule has 0 aliphatic heterocycles. The van der Waals surface area contributed by atoms with Gasteiger partial charge in [0.2, 0.25) is 0 Å². The van der Waals surface area contributed by atoms with Crippen molar-refractivity contribution < 1.29 is 5.11 Å². The Morgan fingerprint density at radius 2 is 2.00 bits per heavy atom. The fraction of sp³-hybridized carbons (Fsp3) is 0.750. The van der Waals surface area contributed by atoms with Crippen molar-refractivity contribution in [1.82, 2.24) is 0 Å². The highest BCUT2D eigenvalue weighted by Crippen LogP contribution is 2.02. The Bertz CT molecular complexity index is 67.0. The fourth-order valence-corrected chi connectivity index (χ4v) is 0.757. The zero-order chi connectivity index (χ0) is 6.95. The number of hydrogen-bond acceptors (Lipinski definition) is 0. The molecule has 0 amide bonds. The predicted molar refractivity (Wildman–Crippen MR) is 38.6 cm³/mol. The average molecular weight is 127 g/mol. The first-order chi connectivity index (χ1) is 4.41. The van der Waals surface area contributed by atoms with Crippen LogP contribution in [-0.4, -0.2) is 0 Å². The molecule has 0 unspecified atom stereocenters. The molecule has 0 atom stereocenters. The van der Waals surface area contributed by atoms with Gasteiger partial charge >= 0.3 is 0 Å². The van der Waals surface area contributed by atoms with Crippen molar-refractivity contribution in [2.24, 2.45) is 0 Å². The Morgan fingerprint density at radius 3 is 2.56 bits per heavy atom. The van der Waals surface area contributed by atoms with Crippen LogP contribution in [0.5, 0.6) is 0 Å². The van der Waals surface area contributed by atoms with Gasteiger partial charge in [-0.25, -0.2) is 0 Å². The van der Waals surface area contributed by atoms with Crippen molar-refractivity contribution >= 4 is 0 Å². The summed E-state index contributed by atoms with van der Waals surface area (Å²) in [6.07, 6.45) is 8.53. The van der Waals surface area contributed by atoms with Gasteiger partial charge in [0.05, 0.1) is 0 Å². The smallest absolute Gasteiger partial charge is 0.138 e. The first-order valence-electron chi connectivity index (χ1n) is 3.68. The van der Waals surface area contributed by atoms with E-state index in [-0.39, 0.29) is 0 Å². The van der Waals surface area contributed by atoms with E-state index in [9.17, 15) is 5.11 Å². The van der Waals surface area contributed by atoms with Crippen molar-refractivity contribution in [1.29, 1.82) is 0 Å². The van der Waals surface area contributed by atoms with Crippen molar-refractivity contribution in [3.05, 3.63) is 12.3 Å². The van der Waals surface area contributed by atoms with Crippen LogP contribution in [0.2, 0.25) is 0 Å². The minimum absolute atomic E-state index is 0.881. The highest BCUT2D eigenvalue weighted by atomic mass is 16.2. The summed E-state index contributed by atoms with van der Waals surface area (Å²) < 4.78 is 0. The summed E-state index contributed by atoms with van der Waals surface area (Å²) in [6.45, 7) is 2.18. The van der Waals surface area contributed by atoms with Gasteiger partial charge in [0.25, 0.3) is 0 Å². The van der Waals surface area contributed by atoms with E-state index in [4.69, 9.17) is 0 Å². The number of hydrogen-bond donors (Lipinski definition) is 0. The number of unbranched alkanes of at least 4 members (excludes halogenated alkanes) is 4. The van der Waals surface area contributed by atoms with Crippen LogP contribution >= 0.6 is 0 Å². The molecule has 0 rings (SSSR count). The van der Waals surface area contributed by atoms with Crippen LogP contribution in [0.4, 0.5) is 0 Å². The first kappa shape index (κ1) is 8.54. The lowest BCUT2D eigenvalue weighted by Gasteiger charge is -1.91. The van der Waals surface area contributed by atoms with E-state index in [0.29, 0.717) is 0 Å². The van der Waals surface area contributed by atoms with E-state index in [1.807, 2.05) is 0 Å². The third kappa shape index (κ3) is 7.54. The molecular weight excluding hydrogens is 112 g/mol. The van der Waals surface area contributed by atoms with Gasteiger partial charge in [0.1, 0.15) is 6.26 Å². The monoisotopic (exact) mass is 127 g/mol. The Labute approximate surface area is 57.4 Å². The molecule has 0 N–H and O–H groups in total. The van der Waals surface area contributed by atoms with E-state index < -0.39 is 0 Å². The zero-order valence-electron chi connectivity index (χ0n) is 6.10. The summed E-state index contributed by atoms with van der Waals surface area (Å²) in [5.74, 6) is 0. The van der Waals surface area contributed by atoms with Gasteiger partial charge in [-0.15, -0.1) is 0 Å². The van der Waals surface area contributed by atoms with E-state index in [0.717, 1.165) is 12.7 Å². The Morgan fingerprint density at radius 1 is 1.22 bits per heavy atom. The second-order valence-corrected chi connectivity index (χ2v) is 2.22. The summed E-state index contributed by atoms with van der Waals surface area (Å²) in [5.41, 5.74) is 0. The van der Waals surface area contributed by atoms with E-state index in [1.165, 1.54) is 25.7 Å². The molecular formula is C8H15O. The van der Waals surface area contributed by atoms with Crippen LogP contribution in [0.15, 0.2) is 12.3 Å². The molecule has 0 saturated carbocycles. The van der Waals surface area contributed by atoms with Gasteiger partial charge in [-0.2, -0.15) is 0 Å². The summed E-state index contributed by atoms with van der Waals surface area (Å²) >= 11 is 0. The molecule has 0 aromatic rings. The molecule has 1 nitrogen and oxygen atoms in total. The van der Waals surface area contributed by atoms with Crippen LogP contribution < -0.4 is 0 Å². The van der Waals surface area contributed by atoms with Gasteiger partial charge in [-0.1, -0.05) is 26.2 Å². The topological polar surface area (TPSA) is 19.9 Å². The van der Waals surface area contributed by atoms with E-state index >= 15 is 0 Å². The van der Waals surface area contributed by atoms with Crippen LogP contribution in [0.3, 0.4) is 0 Å². The van der Waals surface area contributed by atoms with E-state index in [1.54, 1.807) is 6.08 Å². The van der Waals surface area contributed by atoms with Crippen LogP contribution in [0, 0.1) is 0 Å². The molecule has 0 aliphatic carbocycles. The number of rotatable bonds is 5. The molecule has 9 heavy (non-hydrogen) atoms. The number of allylic oxidation sites excluding steroid dienone is 1. The molecule has 0 aromatic heterocycles. The van der Waals surface area contributed by atoms with Crippen molar-refractivity contribution in [2.45, 2.75) is 39.0 Å². The Balaban J connectivity index is 2.75. The highest BCUT2D eigenvalue weighted by molar-refractivity contribution is 4.70. The average Bonchev–Trinajstić information content (AvgIpc) is 1.89. The SMILES string of the molecule is CCCCCCC=C[O]. The minimum atomic E-state index is 0.881. The molecule has 0 saturated heterocycles. The van der Waals surface area contributed by atoms with Crippen LogP contribution in [0.25, 0.3) is 0 Å². The maximum atomic E-state index is 9.78. The maximum absolute atomic E-state index is 9.78. The molecule has 0 fully saturated rings. The zero-order valence-corrected chi connectivity index (χ0v) is 6.10. The Hall–Kier alpha value is -0.460. The summed E-state index contributed by atoms with van der Waals surface area (Å²) in [5, 5.41) is 9.78. The first-order valence-corrected chi connectivity index (χ1v) is 3.68. The van der Waals surface area contributed by atoms with Gasteiger partial charge in [-0.3, -0.25) is 5.11 Å². The standard InChI is InChI=1S/C8H15O/c1-2-3-4-5-6-7-8-9/h7-8H,2-6H2,1H3. The molecule has 1 heteroatoms. The van der Waals surface area contributed by atoms with Gasteiger partial charge < -0.3 is 0 Å². The van der Waals surface area contributed by atoms with Crippen molar-refractivity contribution in [3.63, 3.8) is 0 Å². The summed E-state index contributed by atoms with van der Waals surface area (Å²) in [7, 11) is 0. The molecule has 0 aliphatic rings. The van der Waals surface area contributed by atoms with Gasteiger partial charge in [0, 0.05) is 0 Å². The molecule has 0 bridgehead atoms. The van der Waals surface area contributed by atoms with Crippen molar-refractivity contribution in [2.75, 3.05) is 0 Å². The van der Waals surface area contributed by atoms with Crippen LogP contribution in [0.1, 0.15) is 39.0 Å². The summed E-state index contributed by atoms with van der Waals surface area (Å²) in [6, 6.07) is 0. The third-order valence-corrected chi connectivity index (χ3v) is 1.32. The molecule has 0 aromatic carbocycles. The lowest BCUT2D eigenvalue weighted by molar-refractivity contribution is 0.349. The summed E-state index contributed by atoms with van der Waals surface area (Å²) in [4.78, 5) is 0. The lowest BCUT2D eigenvalue weighted by atomic mass is 10.2. The third-order valence-electron chi connectivity index (χ3n) is 1.32. The quantitative estimate of drug-likeness (QED) is 0.399. The second kappa shape index (κ2) is 7.54. The predicted octanol–water partition coefficient (Wildman–Crippen LogP) is 2.90. The lowest BCUT2D eigenvalue weighted by Crippen LogP contribution is -1.72. The largest absolute Gasteiger partial charge is 0.299 e. The molecule has 0 spiro atoms. The second-order valence-electron chi connectivity index (χ2n) is 2.22. The fourth-order valence-electron chi connectivity index (χ4n) is 0.757. The highest BCUT2D eigenvalue weighted by Gasteiger charge is 1.83. The van der Waals surface area contributed by atoms with Crippen LogP contribution in [-0.2, 0) is 5.11 Å². The molecule has 0 heterocycles. The molecule has 53 valence electrons. The maximum Gasteiger partial charge on any atom is 0.138 e. The van der Waals surface area contributed by atoms with Gasteiger partial charge in [0.15, 0.2) is 0 Å².